The quantitative estimate of drug-likeness (QED) is 0.507. The fourth-order valence-corrected chi connectivity index (χ4v) is 3.27. The summed E-state index contributed by atoms with van der Waals surface area (Å²) in [5, 5.41) is 3.61. The van der Waals surface area contributed by atoms with Crippen LogP contribution in [0.3, 0.4) is 0 Å². The number of nitrogens with one attached hydrogen (secondary N) is 1. The summed E-state index contributed by atoms with van der Waals surface area (Å²) >= 11 is 0. The van der Waals surface area contributed by atoms with E-state index in [1.54, 1.807) is 12.8 Å². The van der Waals surface area contributed by atoms with Crippen molar-refractivity contribution in [1.82, 2.24) is 5.32 Å². The highest BCUT2D eigenvalue weighted by Crippen LogP contribution is 2.51. The molecule has 3 aliphatic rings. The molecule has 1 N–H and O–H groups in total. The molecule has 0 spiro atoms. The van der Waals surface area contributed by atoms with Crippen LogP contribution in [0.4, 0.5) is 0 Å². The van der Waals surface area contributed by atoms with Crippen LogP contribution in [-0.4, -0.2) is 12.6 Å². The second-order valence-electron chi connectivity index (χ2n) is 4.01. The fraction of sp³-hybridized carbons (Fsp3) is 1.00. The van der Waals surface area contributed by atoms with Gasteiger partial charge in [0.05, 0.1) is 0 Å². The van der Waals surface area contributed by atoms with E-state index in [-0.39, 0.29) is 0 Å². The van der Waals surface area contributed by atoms with Crippen molar-refractivity contribution in [2.45, 2.75) is 25.3 Å². The number of rotatable bonds is 0. The van der Waals surface area contributed by atoms with Crippen molar-refractivity contribution < 1.29 is 0 Å². The molecule has 1 saturated heterocycles. The van der Waals surface area contributed by atoms with Gasteiger partial charge in [-0.3, -0.25) is 0 Å². The molecule has 4 unspecified atom stereocenters. The van der Waals surface area contributed by atoms with Crippen LogP contribution in [0.5, 0.6) is 0 Å². The lowest BCUT2D eigenvalue weighted by atomic mass is 9.90. The molecule has 2 saturated carbocycles. The van der Waals surface area contributed by atoms with Crippen LogP contribution in [-0.2, 0) is 0 Å². The summed E-state index contributed by atoms with van der Waals surface area (Å²) < 4.78 is 0. The van der Waals surface area contributed by atoms with Gasteiger partial charge in [0.25, 0.3) is 0 Å². The third-order valence-corrected chi connectivity index (χ3v) is 3.59. The first-order valence-electron chi connectivity index (χ1n) is 4.17. The molecule has 2 aliphatic carbocycles. The van der Waals surface area contributed by atoms with E-state index in [1.807, 2.05) is 0 Å². The maximum atomic E-state index is 3.61. The Balaban J connectivity index is 2.02. The van der Waals surface area contributed by atoms with Gasteiger partial charge in [0.2, 0.25) is 0 Å². The fourth-order valence-electron chi connectivity index (χ4n) is 3.27. The summed E-state index contributed by atoms with van der Waals surface area (Å²) in [6, 6.07) is 0.953. The summed E-state index contributed by atoms with van der Waals surface area (Å²) in [4.78, 5) is 0. The van der Waals surface area contributed by atoms with E-state index in [2.05, 4.69) is 5.32 Å². The van der Waals surface area contributed by atoms with Crippen molar-refractivity contribution in [3.8, 4) is 0 Å². The third-order valence-electron chi connectivity index (χ3n) is 3.59. The summed E-state index contributed by atoms with van der Waals surface area (Å²) in [5.74, 6) is 3.32. The lowest BCUT2D eigenvalue weighted by molar-refractivity contribution is 0.385. The van der Waals surface area contributed by atoms with Crippen molar-refractivity contribution in [2.24, 2.45) is 17.8 Å². The minimum absolute atomic E-state index is 0.953. The predicted molar refractivity (Wildman–Crippen MR) is 36.1 cm³/mol. The molecule has 1 aliphatic heterocycles. The Hall–Kier alpha value is -0.0400. The van der Waals surface area contributed by atoms with Crippen molar-refractivity contribution in [2.75, 3.05) is 6.54 Å². The SMILES string of the molecule is C1NC2CC3CC1C2C3. The minimum Gasteiger partial charge on any atom is -0.313 e. The highest BCUT2D eigenvalue weighted by Gasteiger charge is 2.49. The monoisotopic (exact) mass is 123 g/mol. The Morgan fingerprint density at radius 3 is 2.78 bits per heavy atom. The van der Waals surface area contributed by atoms with Crippen LogP contribution >= 0.6 is 0 Å². The van der Waals surface area contributed by atoms with E-state index >= 15 is 0 Å². The molecule has 0 aromatic rings. The van der Waals surface area contributed by atoms with Gasteiger partial charge in [-0.15, -0.1) is 0 Å². The molecule has 1 nitrogen and oxygen atoms in total. The van der Waals surface area contributed by atoms with Gasteiger partial charge in [-0.05, 0) is 43.6 Å². The summed E-state index contributed by atoms with van der Waals surface area (Å²) in [7, 11) is 0. The summed E-state index contributed by atoms with van der Waals surface area (Å²) in [6.07, 6.45) is 4.61. The Morgan fingerprint density at radius 2 is 2.11 bits per heavy atom. The van der Waals surface area contributed by atoms with Crippen molar-refractivity contribution in [3.05, 3.63) is 0 Å². The maximum Gasteiger partial charge on any atom is 0.0101 e. The Kier molecular flexibility index (Phi) is 0.704. The molecule has 0 radical (unpaired) electrons. The normalized spacial score (nSPS) is 61.3. The molecule has 0 aromatic heterocycles. The van der Waals surface area contributed by atoms with E-state index in [0.29, 0.717) is 0 Å². The van der Waals surface area contributed by atoms with E-state index < -0.39 is 0 Å². The molecule has 0 aromatic carbocycles. The molecule has 3 fully saturated rings. The Morgan fingerprint density at radius 1 is 1.11 bits per heavy atom. The van der Waals surface area contributed by atoms with Crippen LogP contribution in [0.2, 0.25) is 0 Å². The minimum atomic E-state index is 0.953. The zero-order chi connectivity index (χ0) is 5.84. The molecule has 3 rings (SSSR count). The van der Waals surface area contributed by atoms with Gasteiger partial charge in [-0.25, -0.2) is 0 Å². The molecule has 1 heteroatoms. The van der Waals surface area contributed by atoms with Gasteiger partial charge in [-0.2, -0.15) is 0 Å². The first-order valence-corrected chi connectivity index (χ1v) is 4.17. The molecule has 2 bridgehead atoms. The van der Waals surface area contributed by atoms with Crippen molar-refractivity contribution in [1.29, 1.82) is 0 Å². The molecular formula is C8H13N. The van der Waals surface area contributed by atoms with E-state index in [4.69, 9.17) is 0 Å². The van der Waals surface area contributed by atoms with E-state index in [0.717, 1.165) is 23.8 Å². The second kappa shape index (κ2) is 1.34. The zero-order valence-electron chi connectivity index (χ0n) is 5.64. The zero-order valence-corrected chi connectivity index (χ0v) is 5.64. The largest absolute Gasteiger partial charge is 0.313 e. The van der Waals surface area contributed by atoms with Gasteiger partial charge in [0.15, 0.2) is 0 Å². The number of hydrogen-bond acceptors (Lipinski definition) is 1. The standard InChI is InChI=1S/C8H13N/c1-5-2-7-6(1)4-9-8(7)3-5/h5-9H,1-4H2. The topological polar surface area (TPSA) is 12.0 Å². The number of hydrogen-bond donors (Lipinski definition) is 1. The predicted octanol–water partition coefficient (Wildman–Crippen LogP) is 1.00. The van der Waals surface area contributed by atoms with Gasteiger partial charge < -0.3 is 5.32 Å². The molecule has 0 amide bonds. The van der Waals surface area contributed by atoms with Crippen LogP contribution in [0.25, 0.3) is 0 Å². The van der Waals surface area contributed by atoms with Crippen LogP contribution < -0.4 is 5.32 Å². The molecule has 9 heavy (non-hydrogen) atoms. The van der Waals surface area contributed by atoms with Crippen LogP contribution in [0, 0.1) is 17.8 Å². The van der Waals surface area contributed by atoms with Gasteiger partial charge >= 0.3 is 0 Å². The molecule has 50 valence electrons. The molecular weight excluding hydrogens is 110 g/mol. The van der Waals surface area contributed by atoms with Crippen molar-refractivity contribution in [3.63, 3.8) is 0 Å². The van der Waals surface area contributed by atoms with Gasteiger partial charge in [0.1, 0.15) is 0 Å². The van der Waals surface area contributed by atoms with Gasteiger partial charge in [-0.1, -0.05) is 0 Å². The average Bonchev–Trinajstić information content (AvgIpc) is 2.35. The Bertz CT molecular complexity index is 127. The lowest BCUT2D eigenvalue weighted by Crippen LogP contribution is -2.23. The smallest absolute Gasteiger partial charge is 0.0101 e. The molecule has 1 heterocycles. The summed E-state index contributed by atoms with van der Waals surface area (Å²) in [5.41, 5.74) is 0. The first kappa shape index (κ1) is 4.73. The third kappa shape index (κ3) is 0.454. The highest BCUT2D eigenvalue weighted by molar-refractivity contribution is 5.04. The average molecular weight is 123 g/mol. The maximum absolute atomic E-state index is 3.61. The van der Waals surface area contributed by atoms with Gasteiger partial charge in [0, 0.05) is 6.04 Å². The lowest BCUT2D eigenvalue weighted by Gasteiger charge is -2.15. The second-order valence-corrected chi connectivity index (χ2v) is 4.01. The van der Waals surface area contributed by atoms with Crippen LogP contribution in [0.15, 0.2) is 0 Å². The first-order chi connectivity index (χ1) is 4.43. The number of fused-ring (bicyclic) bond motifs is 1. The van der Waals surface area contributed by atoms with Crippen molar-refractivity contribution >= 4 is 0 Å². The van der Waals surface area contributed by atoms with E-state index in [9.17, 15) is 0 Å². The molecule has 4 atom stereocenters. The van der Waals surface area contributed by atoms with E-state index in [1.165, 1.54) is 13.0 Å². The summed E-state index contributed by atoms with van der Waals surface area (Å²) in [6.45, 7) is 1.34. The van der Waals surface area contributed by atoms with Crippen LogP contribution in [0.1, 0.15) is 19.3 Å². The highest BCUT2D eigenvalue weighted by atomic mass is 15.0. The Labute approximate surface area is 55.8 Å².